The summed E-state index contributed by atoms with van der Waals surface area (Å²) in [6, 6.07) is 8.91. The van der Waals surface area contributed by atoms with E-state index >= 15 is 0 Å². The van der Waals surface area contributed by atoms with Crippen LogP contribution in [0.5, 0.6) is 0 Å². The van der Waals surface area contributed by atoms with Gasteiger partial charge < -0.3 is 14.1 Å². The Morgan fingerprint density at radius 3 is 2.55 bits per heavy atom. The lowest BCUT2D eigenvalue weighted by Crippen LogP contribution is -2.55. The van der Waals surface area contributed by atoms with E-state index in [1.165, 1.54) is 11.9 Å². The Balaban J connectivity index is 1.79. The predicted molar refractivity (Wildman–Crippen MR) is 110 cm³/mol. The molecule has 0 aliphatic heterocycles. The maximum atomic E-state index is 13.0. The molecule has 0 saturated heterocycles. The first kappa shape index (κ1) is 23.0. The van der Waals surface area contributed by atoms with Crippen LogP contribution in [0.1, 0.15) is 41.8 Å². The maximum Gasteiger partial charge on any atom is 0.374 e. The number of nitrogens with two attached hydrogens (primary N) is 1. The zero-order valence-corrected chi connectivity index (χ0v) is 18.2. The lowest BCUT2D eigenvalue weighted by molar-refractivity contribution is -0.150. The smallest absolute Gasteiger partial charge is 0.374 e. The summed E-state index contributed by atoms with van der Waals surface area (Å²) < 4.78 is 32.3. The molecule has 1 heterocycles. The molecule has 3 rings (SSSR count). The summed E-state index contributed by atoms with van der Waals surface area (Å²) in [4.78, 5) is 39.3. The van der Waals surface area contributed by atoms with Crippen molar-refractivity contribution in [2.45, 2.75) is 36.3 Å². The zero-order valence-electron chi connectivity index (χ0n) is 16.7. The third kappa shape index (κ3) is 4.51. The van der Waals surface area contributed by atoms with E-state index in [4.69, 9.17) is 25.9 Å². The van der Waals surface area contributed by atoms with Gasteiger partial charge in [0.15, 0.2) is 12.4 Å². The molecule has 166 valence electrons. The van der Waals surface area contributed by atoms with Crippen molar-refractivity contribution >= 4 is 39.3 Å². The van der Waals surface area contributed by atoms with Gasteiger partial charge in [-0.25, -0.2) is 18.4 Å². The summed E-state index contributed by atoms with van der Waals surface area (Å²) in [5.41, 5.74) is -0.738. The van der Waals surface area contributed by atoms with Gasteiger partial charge in [0.25, 0.3) is 15.9 Å². The van der Waals surface area contributed by atoms with Crippen molar-refractivity contribution in [3.8, 4) is 0 Å². The van der Waals surface area contributed by atoms with Crippen LogP contribution in [0.15, 0.2) is 45.9 Å². The topological polar surface area (TPSA) is 137 Å². The molecule has 2 N–H and O–H groups in total. The van der Waals surface area contributed by atoms with E-state index in [1.807, 2.05) is 0 Å². The van der Waals surface area contributed by atoms with Gasteiger partial charge >= 0.3 is 5.97 Å². The molecule has 1 aromatic heterocycles. The average molecular weight is 469 g/mol. The van der Waals surface area contributed by atoms with Gasteiger partial charge in [-0.2, -0.15) is 0 Å². The molecule has 0 spiro atoms. The Morgan fingerprint density at radius 2 is 1.94 bits per heavy atom. The molecular weight excluding hydrogens is 448 g/mol. The number of furan rings is 1. The number of carbonyl (C=O) groups excluding carboxylic acids is 3. The highest BCUT2D eigenvalue weighted by Crippen LogP contribution is 2.42. The summed E-state index contributed by atoms with van der Waals surface area (Å²) >= 11 is 6.36. The van der Waals surface area contributed by atoms with Gasteiger partial charge in [0, 0.05) is 24.1 Å². The molecule has 0 bridgehead atoms. The molecule has 1 aromatic carbocycles. The number of hydrogen-bond acceptors (Lipinski definition) is 7. The Labute approximate surface area is 184 Å². The van der Waals surface area contributed by atoms with Crippen LogP contribution in [0.25, 0.3) is 0 Å². The molecule has 31 heavy (non-hydrogen) atoms. The normalized spacial score (nSPS) is 19.1. The minimum absolute atomic E-state index is 0.141. The highest BCUT2D eigenvalue weighted by molar-refractivity contribution is 7.89. The number of ether oxygens (including phenoxy) is 1. The van der Waals surface area contributed by atoms with Crippen LogP contribution in [0.3, 0.4) is 0 Å². The number of nitrogens with zero attached hydrogens (tertiary/aromatic N) is 1. The zero-order chi connectivity index (χ0) is 22.8. The van der Waals surface area contributed by atoms with Gasteiger partial charge in [0.2, 0.25) is 10.9 Å². The van der Waals surface area contributed by atoms with E-state index in [0.29, 0.717) is 29.8 Å². The third-order valence-corrected chi connectivity index (χ3v) is 6.42. The molecule has 0 radical (unpaired) electrons. The van der Waals surface area contributed by atoms with Gasteiger partial charge in [-0.3, -0.25) is 9.59 Å². The van der Waals surface area contributed by atoms with Crippen molar-refractivity contribution in [2.75, 3.05) is 13.7 Å². The quantitative estimate of drug-likeness (QED) is 0.641. The fourth-order valence-electron chi connectivity index (χ4n) is 3.72. The standard InChI is InChI=1S/C20H21ClN2O7S/c1-23(17(25)12-29-19(26)15-9-10-18(30-15)31(22,27)28)20(11-5-4-8-16(20)24)13-6-2-3-7-14(13)21/h2-3,6-7,9-10H,4-5,8,11-12H2,1H3,(H2,22,27,28). The van der Waals surface area contributed by atoms with E-state index < -0.39 is 44.9 Å². The minimum Gasteiger partial charge on any atom is -0.450 e. The number of Topliss-reactive ketones (excluding diaryl/α,β-unsaturated/α-hetero) is 1. The van der Waals surface area contributed by atoms with E-state index in [1.54, 1.807) is 24.3 Å². The van der Waals surface area contributed by atoms with Gasteiger partial charge in [-0.1, -0.05) is 29.8 Å². The van der Waals surface area contributed by atoms with E-state index in [-0.39, 0.29) is 5.78 Å². The van der Waals surface area contributed by atoms with Gasteiger partial charge in [0.1, 0.15) is 5.54 Å². The number of halogens is 1. The Kier molecular flexibility index (Phi) is 6.54. The monoisotopic (exact) mass is 468 g/mol. The van der Waals surface area contributed by atoms with E-state index in [9.17, 15) is 22.8 Å². The summed E-state index contributed by atoms with van der Waals surface area (Å²) in [5, 5.41) is 4.69. The lowest BCUT2D eigenvalue weighted by Gasteiger charge is -2.43. The van der Waals surface area contributed by atoms with E-state index in [2.05, 4.69) is 0 Å². The summed E-state index contributed by atoms with van der Waals surface area (Å²) in [6.45, 7) is -0.680. The van der Waals surface area contributed by atoms with Crippen molar-refractivity contribution < 1.29 is 32.0 Å². The Hall–Kier alpha value is -2.69. The molecule has 1 aliphatic carbocycles. The van der Waals surface area contributed by atoms with Gasteiger partial charge in [0.05, 0.1) is 0 Å². The number of carbonyl (C=O) groups is 3. The van der Waals surface area contributed by atoms with Crippen LogP contribution in [-0.4, -0.2) is 44.6 Å². The summed E-state index contributed by atoms with van der Waals surface area (Å²) in [5.74, 6) is -2.23. The predicted octanol–water partition coefficient (Wildman–Crippen LogP) is 2.23. The third-order valence-electron chi connectivity index (χ3n) is 5.31. The van der Waals surface area contributed by atoms with Crippen LogP contribution in [0, 0.1) is 0 Å². The van der Waals surface area contributed by atoms with Crippen molar-refractivity contribution in [3.05, 3.63) is 52.7 Å². The number of ketones is 1. The van der Waals surface area contributed by atoms with E-state index in [0.717, 1.165) is 18.6 Å². The number of esters is 1. The van der Waals surface area contributed by atoms with Crippen LogP contribution < -0.4 is 5.14 Å². The molecule has 1 saturated carbocycles. The molecule has 1 fully saturated rings. The SMILES string of the molecule is CN(C(=O)COC(=O)c1ccc(S(N)(=O)=O)o1)C1(c2ccccc2Cl)CCCCC1=O. The first-order valence-corrected chi connectivity index (χ1v) is 11.3. The number of primary sulfonamides is 1. The average Bonchev–Trinajstić information content (AvgIpc) is 3.23. The van der Waals surface area contributed by atoms with Crippen molar-refractivity contribution in [3.63, 3.8) is 0 Å². The van der Waals surface area contributed by atoms with Crippen LogP contribution in [0.4, 0.5) is 0 Å². The highest BCUT2D eigenvalue weighted by atomic mass is 35.5. The number of amides is 1. The van der Waals surface area contributed by atoms with Crippen LogP contribution in [0.2, 0.25) is 5.02 Å². The van der Waals surface area contributed by atoms with Crippen molar-refractivity contribution in [1.29, 1.82) is 0 Å². The fraction of sp³-hybridized carbons (Fsp3) is 0.350. The molecular formula is C20H21ClN2O7S. The first-order valence-electron chi connectivity index (χ1n) is 9.42. The molecule has 2 aromatic rings. The van der Waals surface area contributed by atoms with Crippen molar-refractivity contribution in [1.82, 2.24) is 4.90 Å². The number of likely N-dealkylation sites (N-methyl/N-ethyl adjacent to an activating group) is 1. The van der Waals surface area contributed by atoms with Gasteiger partial charge in [-0.05, 0) is 37.5 Å². The highest BCUT2D eigenvalue weighted by Gasteiger charge is 2.48. The number of benzene rings is 1. The maximum absolute atomic E-state index is 13.0. The Bertz CT molecular complexity index is 1130. The molecule has 1 unspecified atom stereocenters. The molecule has 11 heteroatoms. The molecule has 9 nitrogen and oxygen atoms in total. The molecule has 1 amide bonds. The second kappa shape index (κ2) is 8.81. The van der Waals surface area contributed by atoms with Gasteiger partial charge in [-0.15, -0.1) is 0 Å². The first-order chi connectivity index (χ1) is 14.6. The number of rotatable bonds is 6. The van der Waals surface area contributed by atoms with Crippen molar-refractivity contribution in [2.24, 2.45) is 5.14 Å². The van der Waals surface area contributed by atoms with Crippen LogP contribution >= 0.6 is 11.6 Å². The largest absolute Gasteiger partial charge is 0.450 e. The summed E-state index contributed by atoms with van der Waals surface area (Å²) in [6.07, 6.45) is 2.12. The second-order valence-corrected chi connectivity index (χ2v) is 9.06. The number of sulfonamides is 1. The second-order valence-electron chi connectivity index (χ2n) is 7.16. The minimum atomic E-state index is -4.12. The molecule has 1 aliphatic rings. The lowest BCUT2D eigenvalue weighted by atomic mass is 9.74. The summed E-state index contributed by atoms with van der Waals surface area (Å²) in [7, 11) is -2.66. The fourth-order valence-corrected chi connectivity index (χ4v) is 4.48. The molecule has 1 atom stereocenters. The van der Waals surface area contributed by atoms with Crippen LogP contribution in [-0.2, 0) is 29.9 Å². The number of hydrogen-bond donors (Lipinski definition) is 1. The Morgan fingerprint density at radius 1 is 1.23 bits per heavy atom.